The van der Waals surface area contributed by atoms with Crippen LogP contribution < -0.4 is 5.32 Å². The largest absolute Gasteiger partial charge is 0.313 e. The van der Waals surface area contributed by atoms with Gasteiger partial charge in [0.05, 0.1) is 12.1 Å². The van der Waals surface area contributed by atoms with Crippen molar-refractivity contribution in [1.82, 2.24) is 5.32 Å². The minimum Gasteiger partial charge on any atom is -0.313 e. The van der Waals surface area contributed by atoms with Gasteiger partial charge in [0, 0.05) is 0 Å². The summed E-state index contributed by atoms with van der Waals surface area (Å²) >= 11 is 0. The zero-order valence-electron chi connectivity index (χ0n) is 9.48. The van der Waals surface area contributed by atoms with Crippen molar-refractivity contribution in [1.29, 1.82) is 0 Å². The summed E-state index contributed by atoms with van der Waals surface area (Å²) in [6.07, 6.45) is 4.16. The van der Waals surface area contributed by atoms with E-state index in [1.54, 1.807) is 13.1 Å². The van der Waals surface area contributed by atoms with Crippen molar-refractivity contribution in [3.8, 4) is 0 Å². The molecule has 2 nitrogen and oxygen atoms in total. The summed E-state index contributed by atoms with van der Waals surface area (Å²) in [5.74, 6) is -0.547. The van der Waals surface area contributed by atoms with E-state index in [-0.39, 0.29) is 23.7 Å². The van der Waals surface area contributed by atoms with E-state index in [9.17, 15) is 9.18 Å². The summed E-state index contributed by atoms with van der Waals surface area (Å²) < 4.78 is 13.7. The Morgan fingerprint density at radius 3 is 2.56 bits per heavy atom. The molecule has 0 fully saturated rings. The molecule has 1 aliphatic carbocycles. The number of likely N-dealkylation sites (N-methyl/N-ethyl adjacent to an activating group) is 1. The second-order valence-corrected chi connectivity index (χ2v) is 4.26. The van der Waals surface area contributed by atoms with E-state index in [0.29, 0.717) is 0 Å². The number of carbonyl (C=O) groups excluding carboxylic acids is 1. The first-order valence-corrected chi connectivity index (χ1v) is 5.71. The van der Waals surface area contributed by atoms with Crippen molar-refractivity contribution in [3.05, 3.63) is 34.6 Å². The summed E-state index contributed by atoms with van der Waals surface area (Å²) in [6.45, 7) is 0.190. The van der Waals surface area contributed by atoms with Gasteiger partial charge >= 0.3 is 0 Å². The minimum atomic E-state index is -0.374. The molecule has 1 aromatic carbocycles. The van der Waals surface area contributed by atoms with E-state index < -0.39 is 0 Å². The van der Waals surface area contributed by atoms with Crippen molar-refractivity contribution in [2.24, 2.45) is 0 Å². The lowest BCUT2D eigenvalue weighted by molar-refractivity contribution is 0.0989. The molecule has 0 saturated carbocycles. The van der Waals surface area contributed by atoms with Gasteiger partial charge in [-0.1, -0.05) is 0 Å². The fourth-order valence-electron chi connectivity index (χ4n) is 2.23. The van der Waals surface area contributed by atoms with Gasteiger partial charge in [-0.3, -0.25) is 4.79 Å². The summed E-state index contributed by atoms with van der Waals surface area (Å²) in [5.41, 5.74) is 2.45. The Kier molecular flexibility index (Phi) is 3.34. The van der Waals surface area contributed by atoms with Gasteiger partial charge in [-0.15, -0.1) is 0 Å². The van der Waals surface area contributed by atoms with Crippen LogP contribution in [0.15, 0.2) is 12.1 Å². The maximum absolute atomic E-state index is 13.7. The maximum atomic E-state index is 13.7. The van der Waals surface area contributed by atoms with Crippen molar-refractivity contribution in [2.75, 3.05) is 13.6 Å². The minimum absolute atomic E-state index is 0.173. The topological polar surface area (TPSA) is 29.1 Å². The fourth-order valence-corrected chi connectivity index (χ4v) is 2.23. The SMILES string of the molecule is CNCC(=O)c1cc2c(cc1F)CCCC2. The molecular formula is C13H16FNO. The van der Waals surface area contributed by atoms with E-state index in [1.807, 2.05) is 0 Å². The smallest absolute Gasteiger partial charge is 0.179 e. The lowest BCUT2D eigenvalue weighted by atomic mass is 9.89. The number of halogens is 1. The molecule has 1 N–H and O–H groups in total. The van der Waals surface area contributed by atoms with Gasteiger partial charge in [-0.05, 0) is 56.0 Å². The lowest BCUT2D eigenvalue weighted by Gasteiger charge is -2.16. The number of fused-ring (bicyclic) bond motifs is 1. The molecule has 0 unspecified atom stereocenters. The van der Waals surface area contributed by atoms with Gasteiger partial charge in [-0.25, -0.2) is 4.39 Å². The number of nitrogens with one attached hydrogen (secondary N) is 1. The van der Waals surface area contributed by atoms with Crippen LogP contribution >= 0.6 is 0 Å². The van der Waals surface area contributed by atoms with Gasteiger partial charge in [0.15, 0.2) is 5.78 Å². The molecule has 0 amide bonds. The number of hydrogen-bond donors (Lipinski definition) is 1. The molecule has 0 atom stereocenters. The third-order valence-corrected chi connectivity index (χ3v) is 3.07. The zero-order valence-corrected chi connectivity index (χ0v) is 9.48. The van der Waals surface area contributed by atoms with Gasteiger partial charge in [0.1, 0.15) is 5.82 Å². The molecule has 16 heavy (non-hydrogen) atoms. The average Bonchev–Trinajstić information content (AvgIpc) is 2.28. The Balaban J connectivity index is 2.35. The first-order chi connectivity index (χ1) is 7.72. The van der Waals surface area contributed by atoms with Gasteiger partial charge in [0.25, 0.3) is 0 Å². The number of aryl methyl sites for hydroxylation is 2. The first-order valence-electron chi connectivity index (χ1n) is 5.71. The van der Waals surface area contributed by atoms with Crippen LogP contribution in [0.25, 0.3) is 0 Å². The summed E-state index contributed by atoms with van der Waals surface area (Å²) in [5, 5.41) is 2.76. The quantitative estimate of drug-likeness (QED) is 0.792. The van der Waals surface area contributed by atoms with E-state index in [1.165, 1.54) is 6.07 Å². The highest BCUT2D eigenvalue weighted by atomic mass is 19.1. The van der Waals surface area contributed by atoms with Crippen molar-refractivity contribution >= 4 is 5.78 Å². The van der Waals surface area contributed by atoms with E-state index in [4.69, 9.17) is 0 Å². The first kappa shape index (κ1) is 11.3. The number of benzene rings is 1. The Labute approximate surface area is 94.9 Å². The molecule has 2 rings (SSSR count). The number of hydrogen-bond acceptors (Lipinski definition) is 2. The van der Waals surface area contributed by atoms with Crippen LogP contribution in [0.3, 0.4) is 0 Å². The number of ketones is 1. The van der Waals surface area contributed by atoms with Crippen LogP contribution in [-0.4, -0.2) is 19.4 Å². The van der Waals surface area contributed by atoms with Gasteiger partial charge in [0.2, 0.25) is 0 Å². The number of carbonyl (C=O) groups is 1. The maximum Gasteiger partial charge on any atom is 0.179 e. The van der Waals surface area contributed by atoms with E-state index >= 15 is 0 Å². The Morgan fingerprint density at radius 2 is 1.94 bits per heavy atom. The molecule has 0 aromatic heterocycles. The van der Waals surface area contributed by atoms with Gasteiger partial charge < -0.3 is 5.32 Å². The third-order valence-electron chi connectivity index (χ3n) is 3.07. The standard InChI is InChI=1S/C13H16FNO/c1-15-8-13(16)11-6-9-4-2-3-5-10(9)7-12(11)14/h6-7,15H,2-5,8H2,1H3. The third kappa shape index (κ3) is 2.14. The molecule has 1 aliphatic rings. The van der Waals surface area contributed by atoms with E-state index in [2.05, 4.69) is 5.32 Å². The fraction of sp³-hybridized carbons (Fsp3) is 0.462. The predicted molar refractivity (Wildman–Crippen MR) is 61.3 cm³/mol. The summed E-state index contributed by atoms with van der Waals surface area (Å²) in [7, 11) is 1.69. The van der Waals surface area contributed by atoms with Crippen LogP contribution in [0.5, 0.6) is 0 Å². The molecule has 86 valence electrons. The molecule has 3 heteroatoms. The van der Waals surface area contributed by atoms with Crippen LogP contribution in [0.1, 0.15) is 34.3 Å². The molecule has 0 spiro atoms. The normalized spacial score (nSPS) is 14.6. The molecule has 0 saturated heterocycles. The van der Waals surface area contributed by atoms with E-state index in [0.717, 1.165) is 36.8 Å². The molecular weight excluding hydrogens is 205 g/mol. The van der Waals surface area contributed by atoms with Crippen molar-refractivity contribution in [3.63, 3.8) is 0 Å². The Bertz CT molecular complexity index is 415. The molecule has 0 radical (unpaired) electrons. The molecule has 0 heterocycles. The Hall–Kier alpha value is -1.22. The van der Waals surface area contributed by atoms with Crippen LogP contribution in [0.4, 0.5) is 4.39 Å². The lowest BCUT2D eigenvalue weighted by Crippen LogP contribution is -2.20. The second-order valence-electron chi connectivity index (χ2n) is 4.26. The van der Waals surface area contributed by atoms with Crippen molar-refractivity contribution in [2.45, 2.75) is 25.7 Å². The van der Waals surface area contributed by atoms with Crippen molar-refractivity contribution < 1.29 is 9.18 Å². The van der Waals surface area contributed by atoms with Crippen LogP contribution in [0.2, 0.25) is 0 Å². The number of Topliss-reactive ketones (excluding diaryl/α,β-unsaturated/α-hetero) is 1. The monoisotopic (exact) mass is 221 g/mol. The van der Waals surface area contributed by atoms with Gasteiger partial charge in [-0.2, -0.15) is 0 Å². The molecule has 1 aromatic rings. The average molecular weight is 221 g/mol. The van der Waals surface area contributed by atoms with Crippen LogP contribution in [0, 0.1) is 5.82 Å². The zero-order chi connectivity index (χ0) is 11.5. The predicted octanol–water partition coefficient (Wildman–Crippen LogP) is 2.11. The summed E-state index contributed by atoms with van der Waals surface area (Å²) in [6, 6.07) is 3.28. The summed E-state index contributed by atoms with van der Waals surface area (Å²) in [4.78, 5) is 11.6. The second kappa shape index (κ2) is 4.74. The molecule has 0 bridgehead atoms. The Morgan fingerprint density at radius 1 is 1.31 bits per heavy atom. The van der Waals surface area contributed by atoms with Crippen LogP contribution in [-0.2, 0) is 12.8 Å². The highest BCUT2D eigenvalue weighted by Gasteiger charge is 2.17. The number of rotatable bonds is 3. The highest BCUT2D eigenvalue weighted by molar-refractivity contribution is 5.98. The highest BCUT2D eigenvalue weighted by Crippen LogP contribution is 2.24. The molecule has 0 aliphatic heterocycles.